The molecule has 0 radical (unpaired) electrons. The molecule has 56 heavy (non-hydrogen) atoms. The van der Waals surface area contributed by atoms with E-state index in [1.165, 1.54) is 71.6 Å². The molecule has 0 aliphatic carbocycles. The van der Waals surface area contributed by atoms with Gasteiger partial charge in [0, 0.05) is 21.9 Å². The zero-order chi connectivity index (χ0) is 38.2. The Balaban J connectivity index is 1.24. The molecule has 0 saturated heterocycles. The van der Waals surface area contributed by atoms with Gasteiger partial charge < -0.3 is 4.42 Å². The first-order valence-corrected chi connectivity index (χ1v) is 19.9. The molecule has 2 heterocycles. The van der Waals surface area contributed by atoms with Crippen molar-refractivity contribution in [1.82, 2.24) is 4.57 Å². The summed E-state index contributed by atoms with van der Waals surface area (Å²) in [5.41, 5.74) is 15.2. The lowest BCUT2D eigenvalue weighted by molar-refractivity contribution is -0.633. The number of hydrogen-bond donors (Lipinski definition) is 0. The standard InChI is InChI=1S/C53H45N2O/c1-32(2)45-29-40(37-23-26-42-39(28-37)22-21-36-16-10-11-17-41(36)42)30-46(33(3)4)51(45)55-48-19-13-12-18-47(48)54(6)53(55)50-34(5)20-25-44-43-27-24-38(31-49(43)56-52(44)50)35-14-8-7-9-15-35/h7-33H,1-6H3/q+1. The van der Waals surface area contributed by atoms with Gasteiger partial charge in [-0.2, -0.15) is 4.57 Å². The molecule has 0 aliphatic heterocycles. The smallest absolute Gasteiger partial charge is 0.299 e. The molecule has 0 amide bonds. The fourth-order valence-electron chi connectivity index (χ4n) is 9.03. The Hall–Kier alpha value is -6.45. The largest absolute Gasteiger partial charge is 0.455 e. The van der Waals surface area contributed by atoms with Gasteiger partial charge in [0.15, 0.2) is 16.6 Å². The Kier molecular flexibility index (Phi) is 7.97. The first-order chi connectivity index (χ1) is 27.3. The summed E-state index contributed by atoms with van der Waals surface area (Å²) >= 11 is 0. The Morgan fingerprint density at radius 3 is 1.91 bits per heavy atom. The van der Waals surface area contributed by atoms with E-state index in [9.17, 15) is 0 Å². The van der Waals surface area contributed by atoms with Crippen LogP contribution in [0.15, 0.2) is 156 Å². The molecule has 0 atom stereocenters. The van der Waals surface area contributed by atoms with E-state index in [-0.39, 0.29) is 11.8 Å². The third-order valence-electron chi connectivity index (χ3n) is 11.9. The molecule has 272 valence electrons. The van der Waals surface area contributed by atoms with Gasteiger partial charge in [0.25, 0.3) is 5.82 Å². The van der Waals surface area contributed by atoms with E-state index in [0.717, 1.165) is 38.9 Å². The topological polar surface area (TPSA) is 21.9 Å². The summed E-state index contributed by atoms with van der Waals surface area (Å²) in [4.78, 5) is 0. The summed E-state index contributed by atoms with van der Waals surface area (Å²) in [5.74, 6) is 1.65. The van der Waals surface area contributed by atoms with E-state index in [2.05, 4.69) is 202 Å². The van der Waals surface area contributed by atoms with Gasteiger partial charge in [0.1, 0.15) is 16.8 Å². The van der Waals surface area contributed by atoms with Crippen molar-refractivity contribution >= 4 is 54.5 Å². The van der Waals surface area contributed by atoms with Crippen LogP contribution in [0.25, 0.3) is 93.8 Å². The first-order valence-electron chi connectivity index (χ1n) is 19.9. The summed E-state index contributed by atoms with van der Waals surface area (Å²) in [6, 6.07) is 55.6. The third kappa shape index (κ3) is 5.29. The van der Waals surface area contributed by atoms with Crippen LogP contribution in [0.2, 0.25) is 0 Å². The summed E-state index contributed by atoms with van der Waals surface area (Å²) in [5, 5.41) is 7.38. The second-order valence-electron chi connectivity index (χ2n) is 16.1. The van der Waals surface area contributed by atoms with Gasteiger partial charge in [-0.25, -0.2) is 4.57 Å². The Morgan fingerprint density at radius 2 is 1.14 bits per heavy atom. The second-order valence-corrected chi connectivity index (χ2v) is 16.1. The highest BCUT2D eigenvalue weighted by molar-refractivity contribution is 6.11. The molecule has 3 heteroatoms. The number of nitrogens with zero attached hydrogens (tertiary/aromatic N) is 2. The number of hydrogen-bond acceptors (Lipinski definition) is 1. The zero-order valence-electron chi connectivity index (χ0n) is 32.9. The molecule has 0 fully saturated rings. The average Bonchev–Trinajstić information content (AvgIpc) is 3.74. The van der Waals surface area contributed by atoms with Crippen LogP contribution in [0.5, 0.6) is 0 Å². The average molecular weight is 726 g/mol. The summed E-state index contributed by atoms with van der Waals surface area (Å²) in [6.45, 7) is 11.6. The maximum absolute atomic E-state index is 6.99. The van der Waals surface area contributed by atoms with Crippen LogP contribution in [-0.2, 0) is 7.05 Å². The molecule has 10 rings (SSSR count). The van der Waals surface area contributed by atoms with Crippen molar-refractivity contribution in [3.8, 4) is 39.3 Å². The Morgan fingerprint density at radius 1 is 0.518 bits per heavy atom. The predicted molar refractivity (Wildman–Crippen MR) is 236 cm³/mol. The van der Waals surface area contributed by atoms with Gasteiger partial charge in [-0.1, -0.05) is 137 Å². The van der Waals surface area contributed by atoms with Crippen molar-refractivity contribution in [2.24, 2.45) is 7.05 Å². The normalized spacial score (nSPS) is 12.1. The van der Waals surface area contributed by atoms with Crippen LogP contribution >= 0.6 is 0 Å². The second kappa shape index (κ2) is 13.1. The molecule has 0 N–H and O–H groups in total. The molecule has 0 spiro atoms. The van der Waals surface area contributed by atoms with Crippen LogP contribution in [0, 0.1) is 6.92 Å². The van der Waals surface area contributed by atoms with Crippen LogP contribution in [-0.4, -0.2) is 4.57 Å². The predicted octanol–water partition coefficient (Wildman–Crippen LogP) is 14.2. The number of imidazole rings is 1. The Bertz CT molecular complexity index is 3130. The lowest BCUT2D eigenvalue weighted by Crippen LogP contribution is -2.30. The molecule has 0 aliphatic rings. The molecule has 10 aromatic rings. The first kappa shape index (κ1) is 34.1. The van der Waals surface area contributed by atoms with Crippen molar-refractivity contribution in [3.05, 3.63) is 168 Å². The monoisotopic (exact) mass is 725 g/mol. The van der Waals surface area contributed by atoms with Crippen LogP contribution in [0.1, 0.15) is 56.2 Å². The Labute approximate surface area is 328 Å². The molecular weight excluding hydrogens is 681 g/mol. The molecule has 8 aromatic carbocycles. The van der Waals surface area contributed by atoms with Crippen LogP contribution in [0.3, 0.4) is 0 Å². The summed E-state index contributed by atoms with van der Waals surface area (Å²) in [7, 11) is 2.21. The number of aromatic nitrogens is 2. The van der Waals surface area contributed by atoms with E-state index >= 15 is 0 Å². The van der Waals surface area contributed by atoms with E-state index in [0.29, 0.717) is 0 Å². The van der Waals surface area contributed by atoms with E-state index < -0.39 is 0 Å². The SMILES string of the molecule is Cc1ccc2c(oc3cc(-c4ccccc4)ccc32)c1-c1n(-c2c(C(C)C)cc(-c3ccc4c(ccc5ccccc54)c3)cc2C(C)C)c2ccccc2[n+]1C. The van der Waals surface area contributed by atoms with Gasteiger partial charge in [-0.15, -0.1) is 0 Å². The lowest BCUT2D eigenvalue weighted by Gasteiger charge is -2.21. The van der Waals surface area contributed by atoms with Crippen molar-refractivity contribution < 1.29 is 8.98 Å². The van der Waals surface area contributed by atoms with Crippen LogP contribution in [0.4, 0.5) is 0 Å². The number of benzene rings is 8. The zero-order valence-corrected chi connectivity index (χ0v) is 32.9. The minimum Gasteiger partial charge on any atom is -0.455 e. The highest BCUT2D eigenvalue weighted by atomic mass is 16.3. The number of furan rings is 1. The minimum atomic E-state index is 0.269. The van der Waals surface area contributed by atoms with Crippen molar-refractivity contribution in [2.45, 2.75) is 46.5 Å². The van der Waals surface area contributed by atoms with E-state index in [1.807, 2.05) is 0 Å². The maximum atomic E-state index is 6.99. The summed E-state index contributed by atoms with van der Waals surface area (Å²) in [6.07, 6.45) is 0. The minimum absolute atomic E-state index is 0.269. The fourth-order valence-corrected chi connectivity index (χ4v) is 9.03. The van der Waals surface area contributed by atoms with Crippen LogP contribution < -0.4 is 4.57 Å². The highest BCUT2D eigenvalue weighted by Gasteiger charge is 2.34. The third-order valence-corrected chi connectivity index (χ3v) is 11.9. The van der Waals surface area contributed by atoms with E-state index in [4.69, 9.17) is 4.42 Å². The van der Waals surface area contributed by atoms with Gasteiger partial charge in [-0.3, -0.25) is 0 Å². The number of aryl methyl sites for hydroxylation is 2. The fraction of sp³-hybridized carbons (Fsp3) is 0.151. The number of fused-ring (bicyclic) bond motifs is 7. The van der Waals surface area contributed by atoms with Crippen molar-refractivity contribution in [2.75, 3.05) is 0 Å². The van der Waals surface area contributed by atoms with Gasteiger partial charge in [0.2, 0.25) is 0 Å². The molecule has 0 saturated carbocycles. The van der Waals surface area contributed by atoms with Gasteiger partial charge in [-0.05, 0) is 111 Å². The molecular formula is C53H45N2O+. The maximum Gasteiger partial charge on any atom is 0.299 e. The highest BCUT2D eigenvalue weighted by Crippen LogP contribution is 2.44. The summed E-state index contributed by atoms with van der Waals surface area (Å²) < 4.78 is 11.9. The molecule has 2 aromatic heterocycles. The van der Waals surface area contributed by atoms with E-state index in [1.54, 1.807) is 0 Å². The van der Waals surface area contributed by atoms with Crippen molar-refractivity contribution in [1.29, 1.82) is 0 Å². The molecule has 0 bridgehead atoms. The van der Waals surface area contributed by atoms with Gasteiger partial charge >= 0.3 is 0 Å². The molecule has 3 nitrogen and oxygen atoms in total. The lowest BCUT2D eigenvalue weighted by atomic mass is 9.87. The number of para-hydroxylation sites is 2. The van der Waals surface area contributed by atoms with Gasteiger partial charge in [0.05, 0.1) is 7.05 Å². The van der Waals surface area contributed by atoms with Crippen molar-refractivity contribution in [3.63, 3.8) is 0 Å². The molecule has 0 unspecified atom stereocenters. The number of rotatable bonds is 6. The quantitative estimate of drug-likeness (QED) is 0.124.